The van der Waals surface area contributed by atoms with Crippen LogP contribution in [0.2, 0.25) is 5.02 Å². The van der Waals surface area contributed by atoms with E-state index >= 15 is 0 Å². The molecular formula is C16H18ClN3O. The molecule has 1 saturated heterocycles. The van der Waals surface area contributed by atoms with Crippen molar-refractivity contribution in [1.29, 1.82) is 5.26 Å². The first-order chi connectivity index (χ1) is 10.1. The highest BCUT2D eigenvalue weighted by molar-refractivity contribution is 6.31. The molecule has 1 aliphatic rings. The van der Waals surface area contributed by atoms with Crippen molar-refractivity contribution < 1.29 is 4.79 Å². The van der Waals surface area contributed by atoms with Crippen LogP contribution >= 0.6 is 11.6 Å². The smallest absolute Gasteiger partial charge is 0.267 e. The molecule has 1 aromatic rings. The number of nitrogens with zero attached hydrogens (tertiary/aromatic N) is 2. The molecule has 1 aliphatic heterocycles. The zero-order valence-corrected chi connectivity index (χ0v) is 12.7. The molecule has 4 nitrogen and oxygen atoms in total. The first kappa shape index (κ1) is 15.4. The molecule has 0 aromatic heterocycles. The van der Waals surface area contributed by atoms with E-state index in [-0.39, 0.29) is 5.57 Å². The predicted octanol–water partition coefficient (Wildman–Crippen LogP) is 3.42. The van der Waals surface area contributed by atoms with Gasteiger partial charge in [0, 0.05) is 30.0 Å². The van der Waals surface area contributed by atoms with Gasteiger partial charge >= 0.3 is 0 Å². The van der Waals surface area contributed by atoms with Crippen molar-refractivity contribution in [1.82, 2.24) is 4.90 Å². The average molecular weight is 304 g/mol. The first-order valence-corrected chi connectivity index (χ1v) is 7.39. The number of nitrogens with one attached hydrogen (secondary N) is 1. The molecule has 0 saturated carbocycles. The van der Waals surface area contributed by atoms with Gasteiger partial charge in [0.1, 0.15) is 11.6 Å². The van der Waals surface area contributed by atoms with Crippen LogP contribution in [0.3, 0.4) is 0 Å². The van der Waals surface area contributed by atoms with Gasteiger partial charge in [-0.05, 0) is 37.0 Å². The summed E-state index contributed by atoms with van der Waals surface area (Å²) in [5.41, 5.74) is 0.699. The monoisotopic (exact) mass is 303 g/mol. The molecule has 0 radical (unpaired) electrons. The molecule has 0 unspecified atom stereocenters. The number of halogens is 1. The van der Waals surface area contributed by atoms with E-state index in [4.69, 9.17) is 11.6 Å². The number of anilines is 1. The molecule has 21 heavy (non-hydrogen) atoms. The zero-order valence-electron chi connectivity index (χ0n) is 12.0. The fourth-order valence-electron chi connectivity index (χ4n) is 2.24. The Morgan fingerprint density at radius 3 is 2.81 bits per heavy atom. The molecule has 110 valence electrons. The van der Waals surface area contributed by atoms with Gasteiger partial charge in [0.05, 0.1) is 0 Å². The Bertz CT molecular complexity index is 583. The standard InChI is InChI=1S/C16H18ClN3O/c1-12-5-7-20(8-6-12)11-13(10-18)16(21)19-15-4-2-3-14(17)9-15/h2-4,9,11-12H,5-8H2,1H3,(H,19,21)/b13-11+. The molecule has 5 heteroatoms. The molecule has 1 fully saturated rings. The number of rotatable bonds is 3. The van der Waals surface area contributed by atoms with Crippen molar-refractivity contribution in [2.45, 2.75) is 19.8 Å². The van der Waals surface area contributed by atoms with Gasteiger partial charge < -0.3 is 10.2 Å². The summed E-state index contributed by atoms with van der Waals surface area (Å²) in [7, 11) is 0. The van der Waals surface area contributed by atoms with Gasteiger partial charge in [0.15, 0.2) is 0 Å². The minimum Gasteiger partial charge on any atom is -0.376 e. The lowest BCUT2D eigenvalue weighted by molar-refractivity contribution is -0.112. The summed E-state index contributed by atoms with van der Waals surface area (Å²) < 4.78 is 0. The van der Waals surface area contributed by atoms with Crippen LogP contribution in [-0.4, -0.2) is 23.9 Å². The van der Waals surface area contributed by atoms with Crippen molar-refractivity contribution in [2.24, 2.45) is 5.92 Å². The Balaban J connectivity index is 2.03. The number of hydrogen-bond donors (Lipinski definition) is 1. The van der Waals surface area contributed by atoms with Crippen molar-refractivity contribution >= 4 is 23.2 Å². The number of amides is 1. The van der Waals surface area contributed by atoms with Crippen molar-refractivity contribution in [3.05, 3.63) is 41.1 Å². The normalized spacial score (nSPS) is 16.4. The summed E-state index contributed by atoms with van der Waals surface area (Å²) in [5, 5.41) is 12.4. The Morgan fingerprint density at radius 2 is 2.19 bits per heavy atom. The van der Waals surface area contributed by atoms with Crippen LogP contribution in [0.4, 0.5) is 5.69 Å². The summed E-state index contributed by atoms with van der Waals surface area (Å²) in [6, 6.07) is 8.84. The topological polar surface area (TPSA) is 56.1 Å². The third kappa shape index (κ3) is 4.51. The maximum Gasteiger partial charge on any atom is 0.267 e. The van der Waals surface area contributed by atoms with E-state index < -0.39 is 5.91 Å². The molecule has 1 N–H and O–H groups in total. The molecule has 0 aliphatic carbocycles. The minimum absolute atomic E-state index is 0.115. The largest absolute Gasteiger partial charge is 0.376 e. The lowest BCUT2D eigenvalue weighted by atomic mass is 9.99. The fourth-order valence-corrected chi connectivity index (χ4v) is 2.43. The second kappa shape index (κ2) is 7.14. The second-order valence-electron chi connectivity index (χ2n) is 5.34. The van der Waals surface area contributed by atoms with E-state index in [0.717, 1.165) is 25.9 Å². The molecule has 1 aromatic carbocycles. The quantitative estimate of drug-likeness (QED) is 0.687. The number of benzene rings is 1. The van der Waals surface area contributed by atoms with Crippen molar-refractivity contribution in [3.63, 3.8) is 0 Å². The van der Waals surface area contributed by atoms with Crippen LogP contribution in [0.15, 0.2) is 36.0 Å². The third-order valence-corrected chi connectivity index (χ3v) is 3.81. The van der Waals surface area contributed by atoms with Crippen LogP contribution < -0.4 is 5.32 Å². The van der Waals surface area contributed by atoms with E-state index in [0.29, 0.717) is 16.6 Å². The van der Waals surface area contributed by atoms with Crippen LogP contribution in [0.1, 0.15) is 19.8 Å². The average Bonchev–Trinajstić information content (AvgIpc) is 2.46. The fraction of sp³-hybridized carbons (Fsp3) is 0.375. The number of likely N-dealkylation sites (tertiary alicyclic amines) is 1. The highest BCUT2D eigenvalue weighted by Gasteiger charge is 2.16. The zero-order chi connectivity index (χ0) is 15.2. The number of carbonyl (C=O) groups excluding carboxylic acids is 1. The lowest BCUT2D eigenvalue weighted by Crippen LogP contribution is -2.29. The van der Waals surface area contributed by atoms with E-state index in [2.05, 4.69) is 12.2 Å². The summed E-state index contributed by atoms with van der Waals surface area (Å²) >= 11 is 5.87. The molecule has 1 heterocycles. The van der Waals surface area contributed by atoms with Crippen molar-refractivity contribution in [2.75, 3.05) is 18.4 Å². The highest BCUT2D eigenvalue weighted by Crippen LogP contribution is 2.18. The van der Waals surface area contributed by atoms with Gasteiger partial charge in [0.25, 0.3) is 5.91 Å². The van der Waals surface area contributed by atoms with Crippen LogP contribution in [-0.2, 0) is 4.79 Å². The molecule has 0 bridgehead atoms. The van der Waals surface area contributed by atoms with E-state index in [1.165, 1.54) is 0 Å². The predicted molar refractivity (Wildman–Crippen MR) is 83.7 cm³/mol. The van der Waals surface area contributed by atoms with Crippen LogP contribution in [0.25, 0.3) is 0 Å². The Kier molecular flexibility index (Phi) is 5.24. The van der Waals surface area contributed by atoms with Crippen molar-refractivity contribution in [3.8, 4) is 6.07 Å². The van der Waals surface area contributed by atoms with Gasteiger partial charge in [-0.25, -0.2) is 0 Å². The van der Waals surface area contributed by atoms with Gasteiger partial charge in [-0.2, -0.15) is 5.26 Å². The second-order valence-corrected chi connectivity index (χ2v) is 5.77. The maximum absolute atomic E-state index is 12.1. The Labute approximate surface area is 130 Å². The lowest BCUT2D eigenvalue weighted by Gasteiger charge is -2.29. The molecule has 0 spiro atoms. The van der Waals surface area contributed by atoms with E-state index in [1.807, 2.05) is 11.0 Å². The maximum atomic E-state index is 12.1. The molecule has 2 rings (SSSR count). The van der Waals surface area contributed by atoms with Gasteiger partial charge in [-0.15, -0.1) is 0 Å². The Morgan fingerprint density at radius 1 is 1.48 bits per heavy atom. The van der Waals surface area contributed by atoms with Crippen LogP contribution in [0.5, 0.6) is 0 Å². The summed E-state index contributed by atoms with van der Waals surface area (Å²) in [6.45, 7) is 3.99. The molecular weight excluding hydrogens is 286 g/mol. The summed E-state index contributed by atoms with van der Waals surface area (Å²) in [5.74, 6) is 0.305. The third-order valence-electron chi connectivity index (χ3n) is 3.58. The van der Waals surface area contributed by atoms with E-state index in [1.54, 1.807) is 30.5 Å². The highest BCUT2D eigenvalue weighted by atomic mass is 35.5. The minimum atomic E-state index is -0.404. The number of carbonyl (C=O) groups is 1. The van der Waals surface area contributed by atoms with Gasteiger partial charge in [-0.1, -0.05) is 24.6 Å². The van der Waals surface area contributed by atoms with E-state index in [9.17, 15) is 10.1 Å². The SMILES string of the molecule is CC1CCN(/C=C(\C#N)C(=O)Nc2cccc(Cl)c2)CC1. The Hall–Kier alpha value is -1.99. The number of hydrogen-bond acceptors (Lipinski definition) is 3. The van der Waals surface area contributed by atoms with Gasteiger partial charge in [0.2, 0.25) is 0 Å². The van der Waals surface area contributed by atoms with Gasteiger partial charge in [-0.3, -0.25) is 4.79 Å². The number of nitriles is 1. The summed E-state index contributed by atoms with van der Waals surface area (Å²) in [6.07, 6.45) is 3.84. The number of piperidine rings is 1. The molecule has 1 amide bonds. The van der Waals surface area contributed by atoms with Crippen LogP contribution in [0, 0.1) is 17.2 Å². The summed E-state index contributed by atoms with van der Waals surface area (Å²) in [4.78, 5) is 14.2. The molecule has 0 atom stereocenters. The first-order valence-electron chi connectivity index (χ1n) is 7.01.